The van der Waals surface area contributed by atoms with Crippen LogP contribution in [0.25, 0.3) is 47.6 Å². The van der Waals surface area contributed by atoms with Gasteiger partial charge in [0.2, 0.25) is 0 Å². The Labute approximate surface area is 388 Å². The molecule has 0 bridgehead atoms. The highest BCUT2D eigenvalue weighted by molar-refractivity contribution is 5.86. The Morgan fingerprint density at radius 1 is 0.508 bits per heavy atom. The molecule has 7 aromatic rings. The fraction of sp³-hybridized carbons (Fsp3) is 0.226. The van der Waals surface area contributed by atoms with Crippen molar-refractivity contribution in [3.63, 3.8) is 0 Å². The van der Waals surface area contributed by atoms with Crippen molar-refractivity contribution in [2.24, 2.45) is 11.8 Å². The molecule has 8 rings (SSSR count). The van der Waals surface area contributed by atoms with Crippen molar-refractivity contribution in [3.05, 3.63) is 214 Å². The molecule has 0 fully saturated rings. The van der Waals surface area contributed by atoms with E-state index in [0.29, 0.717) is 12.5 Å². The molecule has 1 aliphatic rings. The van der Waals surface area contributed by atoms with Gasteiger partial charge in [0.05, 0.1) is 13.2 Å². The molecule has 65 heavy (non-hydrogen) atoms. The number of rotatable bonds is 18. The lowest BCUT2D eigenvalue weighted by molar-refractivity contribution is 0.273. The molecular formula is C62H63NO2. The number of benzene rings is 7. The third kappa shape index (κ3) is 11.0. The van der Waals surface area contributed by atoms with Gasteiger partial charge in [0.25, 0.3) is 0 Å². The second kappa shape index (κ2) is 20.9. The van der Waals surface area contributed by atoms with Crippen molar-refractivity contribution in [3.8, 4) is 16.9 Å². The summed E-state index contributed by atoms with van der Waals surface area (Å²) < 4.78 is 6.57. The lowest BCUT2D eigenvalue weighted by atomic mass is 9.82. The first-order valence-corrected chi connectivity index (χ1v) is 23.5. The second-order valence-corrected chi connectivity index (χ2v) is 18.6. The van der Waals surface area contributed by atoms with Gasteiger partial charge < -0.3 is 14.7 Å². The lowest BCUT2D eigenvalue weighted by Gasteiger charge is -2.28. The highest BCUT2D eigenvalue weighted by Gasteiger charge is 2.35. The maximum atomic E-state index is 10.6. The molecular weight excluding hydrogens is 791 g/mol. The molecule has 0 saturated carbocycles. The number of ether oxygens (including phenoxy) is 1. The van der Waals surface area contributed by atoms with Crippen molar-refractivity contribution < 1.29 is 9.84 Å². The van der Waals surface area contributed by atoms with Gasteiger partial charge in [-0.2, -0.15) is 0 Å². The van der Waals surface area contributed by atoms with Crippen molar-refractivity contribution in [2.45, 2.75) is 72.3 Å². The number of hydrogen-bond acceptors (Lipinski definition) is 3. The van der Waals surface area contributed by atoms with Crippen LogP contribution in [0.5, 0.6) is 5.75 Å². The van der Waals surface area contributed by atoms with Gasteiger partial charge in [0.15, 0.2) is 0 Å². The standard InChI is InChI=1S/C62H63NO2/c1-45(2)15-14-16-46(3)39-40-65-61-42-51(53(44-64)41-52(61)32-26-48-19-10-7-11-20-48)31-25-50-29-35-55(36-30-50)63(54-33-27-49(28-34-54)24-23-47-17-8-6-9-18-47)56-37-38-58-57-21-12-13-22-59(57)62(4,5)60(58)43-56/h6-13,17-38,41-43,45-46,64H,14-16,39-40,44H2,1-5H3/b24-23+,31-25+,32-26+. The Bertz CT molecular complexity index is 2740. The van der Waals surface area contributed by atoms with Crippen LogP contribution >= 0.6 is 0 Å². The first-order valence-electron chi connectivity index (χ1n) is 23.5. The fourth-order valence-electron chi connectivity index (χ4n) is 9.04. The van der Waals surface area contributed by atoms with E-state index in [-0.39, 0.29) is 12.0 Å². The third-order valence-electron chi connectivity index (χ3n) is 12.9. The normalized spacial score (nSPS) is 13.5. The number of hydrogen-bond donors (Lipinski definition) is 1. The third-order valence-corrected chi connectivity index (χ3v) is 12.9. The summed E-state index contributed by atoms with van der Waals surface area (Å²) in [5, 5.41) is 10.6. The molecule has 1 aliphatic carbocycles. The highest BCUT2D eigenvalue weighted by Crippen LogP contribution is 2.50. The smallest absolute Gasteiger partial charge is 0.127 e. The fourth-order valence-corrected chi connectivity index (χ4v) is 9.04. The maximum Gasteiger partial charge on any atom is 0.127 e. The predicted molar refractivity (Wildman–Crippen MR) is 279 cm³/mol. The summed E-state index contributed by atoms with van der Waals surface area (Å²) in [5.74, 6) is 2.16. The van der Waals surface area contributed by atoms with Gasteiger partial charge in [-0.15, -0.1) is 0 Å². The van der Waals surface area contributed by atoms with E-state index in [0.717, 1.165) is 68.5 Å². The van der Waals surface area contributed by atoms with Crippen molar-refractivity contribution in [1.82, 2.24) is 0 Å². The Morgan fingerprint density at radius 2 is 1.03 bits per heavy atom. The first-order chi connectivity index (χ1) is 31.7. The first kappa shape index (κ1) is 44.9. The van der Waals surface area contributed by atoms with Gasteiger partial charge in [-0.3, -0.25) is 0 Å². The van der Waals surface area contributed by atoms with Gasteiger partial charge in [0, 0.05) is 28.0 Å². The minimum absolute atomic E-state index is 0.0730. The average Bonchev–Trinajstić information content (AvgIpc) is 3.56. The summed E-state index contributed by atoms with van der Waals surface area (Å²) >= 11 is 0. The quantitative estimate of drug-likeness (QED) is 0.0873. The van der Waals surface area contributed by atoms with Gasteiger partial charge in [-0.1, -0.05) is 206 Å². The zero-order chi connectivity index (χ0) is 45.2. The van der Waals surface area contributed by atoms with Crippen LogP contribution in [0.1, 0.15) is 110 Å². The zero-order valence-corrected chi connectivity index (χ0v) is 38.8. The summed E-state index contributed by atoms with van der Waals surface area (Å²) in [4.78, 5) is 2.36. The molecule has 0 aliphatic heterocycles. The highest BCUT2D eigenvalue weighted by atomic mass is 16.5. The Hall–Kier alpha value is -6.68. The number of nitrogens with zero attached hydrogens (tertiary/aromatic N) is 1. The van der Waals surface area contributed by atoms with Crippen molar-refractivity contribution in [1.29, 1.82) is 0 Å². The van der Waals surface area contributed by atoms with E-state index in [9.17, 15) is 5.11 Å². The van der Waals surface area contributed by atoms with Crippen LogP contribution in [-0.4, -0.2) is 11.7 Å². The number of anilines is 3. The van der Waals surface area contributed by atoms with Crippen LogP contribution < -0.4 is 9.64 Å². The van der Waals surface area contributed by atoms with E-state index in [1.807, 2.05) is 24.3 Å². The molecule has 0 heterocycles. The Morgan fingerprint density at radius 3 is 1.63 bits per heavy atom. The molecule has 0 amide bonds. The van der Waals surface area contributed by atoms with Gasteiger partial charge >= 0.3 is 0 Å². The largest absolute Gasteiger partial charge is 0.493 e. The molecule has 3 nitrogen and oxygen atoms in total. The molecule has 1 atom stereocenters. The second-order valence-electron chi connectivity index (χ2n) is 18.6. The summed E-state index contributed by atoms with van der Waals surface area (Å²) in [6.45, 7) is 12.2. The van der Waals surface area contributed by atoms with Gasteiger partial charge in [0.1, 0.15) is 5.75 Å². The molecule has 1 N–H and O–H groups in total. The number of fused-ring (bicyclic) bond motifs is 3. The SMILES string of the molecule is CC(C)CCCC(C)CCOc1cc(/C=C/c2ccc(N(c3ccc(/C=C/c4ccccc4)cc3)c3ccc4c(c3)C(C)(C)c3ccccc3-4)cc2)c(CO)cc1/C=C/c1ccccc1. The van der Waals surface area contributed by atoms with Gasteiger partial charge in [-0.25, -0.2) is 0 Å². The summed E-state index contributed by atoms with van der Waals surface area (Å²) in [6.07, 6.45) is 17.5. The van der Waals surface area contributed by atoms with Crippen LogP contribution in [0.2, 0.25) is 0 Å². The molecule has 0 saturated heterocycles. The summed E-state index contributed by atoms with van der Waals surface area (Å²) in [7, 11) is 0. The lowest BCUT2D eigenvalue weighted by Crippen LogP contribution is -2.16. The van der Waals surface area contributed by atoms with Crippen LogP contribution in [0.3, 0.4) is 0 Å². The number of aliphatic hydroxyl groups is 1. The minimum atomic E-state index is -0.116. The van der Waals surface area contributed by atoms with E-state index >= 15 is 0 Å². The minimum Gasteiger partial charge on any atom is -0.493 e. The van der Waals surface area contributed by atoms with E-state index in [1.54, 1.807) is 0 Å². The molecule has 0 radical (unpaired) electrons. The summed E-state index contributed by atoms with van der Waals surface area (Å²) in [5.41, 5.74) is 15.8. The van der Waals surface area contributed by atoms with E-state index in [4.69, 9.17) is 4.74 Å². The molecule has 1 unspecified atom stereocenters. The topological polar surface area (TPSA) is 32.7 Å². The number of aliphatic hydroxyl groups excluding tert-OH is 1. The van der Waals surface area contributed by atoms with Crippen molar-refractivity contribution >= 4 is 53.5 Å². The molecule has 7 aromatic carbocycles. The van der Waals surface area contributed by atoms with Crippen LogP contribution in [0, 0.1) is 11.8 Å². The molecule has 3 heteroatoms. The van der Waals surface area contributed by atoms with Crippen molar-refractivity contribution in [2.75, 3.05) is 11.5 Å². The molecule has 0 spiro atoms. The van der Waals surface area contributed by atoms with Crippen LogP contribution in [0.15, 0.2) is 164 Å². The molecule has 0 aromatic heterocycles. The maximum absolute atomic E-state index is 10.6. The summed E-state index contributed by atoms with van der Waals surface area (Å²) in [6, 6.07) is 58.2. The predicted octanol–water partition coefficient (Wildman–Crippen LogP) is 16.7. The Balaban J connectivity index is 1.08. The Kier molecular flexibility index (Phi) is 14.4. The van der Waals surface area contributed by atoms with E-state index in [1.165, 1.54) is 47.1 Å². The average molecular weight is 854 g/mol. The van der Waals surface area contributed by atoms with Crippen LogP contribution in [-0.2, 0) is 12.0 Å². The van der Waals surface area contributed by atoms with Gasteiger partial charge in [-0.05, 0) is 122 Å². The monoisotopic (exact) mass is 853 g/mol. The van der Waals surface area contributed by atoms with E-state index in [2.05, 4.69) is 216 Å². The van der Waals surface area contributed by atoms with Crippen LogP contribution in [0.4, 0.5) is 17.1 Å². The van der Waals surface area contributed by atoms with E-state index < -0.39 is 0 Å². The molecule has 328 valence electrons. The zero-order valence-electron chi connectivity index (χ0n) is 38.8.